The van der Waals surface area contributed by atoms with Gasteiger partial charge in [-0.15, -0.1) is 19.4 Å². The van der Waals surface area contributed by atoms with Crippen molar-refractivity contribution in [1.29, 1.82) is 0 Å². The van der Waals surface area contributed by atoms with Crippen LogP contribution in [0.5, 0.6) is 0 Å². The SMILES string of the molecule is C#C.C=C(C)C1(c2ccccc2Cl)CCCCC1.C=CC.CCO. The number of aliphatic hydroxyl groups is 1. The minimum absolute atomic E-state index is 0.136. The molecule has 1 aromatic carbocycles. The molecule has 0 unspecified atom stereocenters. The van der Waals surface area contributed by atoms with Gasteiger partial charge in [-0.1, -0.05) is 67.3 Å². The summed E-state index contributed by atoms with van der Waals surface area (Å²) in [5, 5.41) is 8.47. The van der Waals surface area contributed by atoms with Crippen LogP contribution in [0.1, 0.15) is 58.4 Å². The molecule has 0 heterocycles. The van der Waals surface area contributed by atoms with E-state index in [0.29, 0.717) is 0 Å². The molecule has 2 rings (SSSR count). The average Bonchev–Trinajstić information content (AvgIpc) is 2.59. The summed E-state index contributed by atoms with van der Waals surface area (Å²) >= 11 is 6.35. The van der Waals surface area contributed by atoms with Crippen molar-refractivity contribution in [3.05, 3.63) is 59.7 Å². The van der Waals surface area contributed by atoms with Crippen LogP contribution in [0.15, 0.2) is 49.1 Å². The largest absolute Gasteiger partial charge is 0.397 e. The van der Waals surface area contributed by atoms with Crippen LogP contribution in [-0.2, 0) is 5.41 Å². The number of hydrogen-bond donors (Lipinski definition) is 1. The van der Waals surface area contributed by atoms with Gasteiger partial charge in [0.1, 0.15) is 0 Å². The first-order valence-electron chi connectivity index (χ1n) is 8.42. The molecule has 1 aromatic rings. The first-order chi connectivity index (χ1) is 11.5. The fourth-order valence-electron chi connectivity index (χ4n) is 2.93. The molecule has 1 aliphatic rings. The van der Waals surface area contributed by atoms with Gasteiger partial charge in [0.15, 0.2) is 0 Å². The molecule has 1 nitrogen and oxygen atoms in total. The number of rotatable bonds is 2. The molecule has 134 valence electrons. The Bertz CT molecular complexity index is 482. The minimum atomic E-state index is 0.136. The van der Waals surface area contributed by atoms with Crippen LogP contribution in [0.4, 0.5) is 0 Å². The number of terminal acetylenes is 1. The third kappa shape index (κ3) is 7.86. The van der Waals surface area contributed by atoms with Gasteiger partial charge >= 0.3 is 0 Å². The molecule has 1 fully saturated rings. The van der Waals surface area contributed by atoms with E-state index in [0.717, 1.165) is 5.02 Å². The molecule has 0 saturated heterocycles. The van der Waals surface area contributed by atoms with Crippen LogP contribution >= 0.6 is 11.6 Å². The van der Waals surface area contributed by atoms with Crippen molar-refractivity contribution in [2.75, 3.05) is 6.61 Å². The molecule has 0 radical (unpaired) electrons. The van der Waals surface area contributed by atoms with Gasteiger partial charge in [0.25, 0.3) is 0 Å². The van der Waals surface area contributed by atoms with E-state index in [-0.39, 0.29) is 12.0 Å². The number of halogens is 1. The Morgan fingerprint density at radius 2 is 1.67 bits per heavy atom. The van der Waals surface area contributed by atoms with Crippen molar-refractivity contribution in [3.8, 4) is 12.8 Å². The van der Waals surface area contributed by atoms with Crippen molar-refractivity contribution >= 4 is 11.6 Å². The molecule has 2 heteroatoms. The Hall–Kier alpha value is -1.49. The summed E-state index contributed by atoms with van der Waals surface area (Å²) in [6, 6.07) is 8.25. The standard InChI is InChI=1S/C15H19Cl.C3H6.C2H6O.C2H2/c1-12(2)15(10-6-3-7-11-15)13-8-4-5-9-14(13)16;1-3-2;1-2-3;1-2/h4-5,8-9H,1,3,6-7,10-11H2,2H3;3H,1H2,2H3;3H,2H2,1H3;1-2H. The Morgan fingerprint density at radius 3 is 2.04 bits per heavy atom. The van der Waals surface area contributed by atoms with Crippen LogP contribution in [0.2, 0.25) is 5.02 Å². The summed E-state index contributed by atoms with van der Waals surface area (Å²) in [5.41, 5.74) is 2.68. The van der Waals surface area contributed by atoms with Crippen molar-refractivity contribution in [2.45, 2.75) is 58.3 Å². The molecule has 0 spiro atoms. The van der Waals surface area contributed by atoms with Crippen molar-refractivity contribution < 1.29 is 5.11 Å². The van der Waals surface area contributed by atoms with Crippen LogP contribution in [0.25, 0.3) is 0 Å². The van der Waals surface area contributed by atoms with E-state index < -0.39 is 0 Å². The maximum atomic E-state index is 7.57. The second-order valence-electron chi connectivity index (χ2n) is 5.63. The summed E-state index contributed by atoms with van der Waals surface area (Å²) < 4.78 is 0. The highest BCUT2D eigenvalue weighted by atomic mass is 35.5. The summed E-state index contributed by atoms with van der Waals surface area (Å²) in [6.07, 6.45) is 16.1. The summed E-state index contributed by atoms with van der Waals surface area (Å²) in [5.74, 6) is 0. The van der Waals surface area contributed by atoms with Gasteiger partial charge in [0, 0.05) is 17.0 Å². The highest BCUT2D eigenvalue weighted by Gasteiger charge is 2.35. The lowest BCUT2D eigenvalue weighted by Gasteiger charge is -2.39. The van der Waals surface area contributed by atoms with Crippen LogP contribution in [0, 0.1) is 12.8 Å². The molecule has 0 amide bonds. The summed E-state index contributed by atoms with van der Waals surface area (Å²) in [6.45, 7) is 13.5. The Morgan fingerprint density at radius 1 is 1.25 bits per heavy atom. The second kappa shape index (κ2) is 15.1. The number of hydrogen-bond acceptors (Lipinski definition) is 1. The van der Waals surface area contributed by atoms with E-state index in [1.807, 2.05) is 19.1 Å². The first-order valence-corrected chi connectivity index (χ1v) is 8.80. The quantitative estimate of drug-likeness (QED) is 0.474. The van der Waals surface area contributed by atoms with Gasteiger partial charge < -0.3 is 5.11 Å². The summed E-state index contributed by atoms with van der Waals surface area (Å²) in [7, 11) is 0. The van der Waals surface area contributed by atoms with Crippen LogP contribution < -0.4 is 0 Å². The molecular formula is C22H33ClO. The third-order valence-corrected chi connectivity index (χ3v) is 4.24. The molecular weight excluding hydrogens is 316 g/mol. The smallest absolute Gasteiger partial charge is 0.0446 e. The molecule has 0 atom stereocenters. The number of benzene rings is 1. The topological polar surface area (TPSA) is 20.2 Å². The van der Waals surface area contributed by atoms with Crippen molar-refractivity contribution in [1.82, 2.24) is 0 Å². The summed E-state index contributed by atoms with van der Waals surface area (Å²) in [4.78, 5) is 0. The van der Waals surface area contributed by atoms with Gasteiger partial charge in [-0.2, -0.15) is 0 Å². The second-order valence-corrected chi connectivity index (χ2v) is 6.03. The zero-order valence-electron chi connectivity index (χ0n) is 15.5. The minimum Gasteiger partial charge on any atom is -0.397 e. The van der Waals surface area contributed by atoms with Gasteiger partial charge in [-0.25, -0.2) is 0 Å². The lowest BCUT2D eigenvalue weighted by molar-refractivity contribution is 0.318. The van der Waals surface area contributed by atoms with Crippen molar-refractivity contribution in [2.24, 2.45) is 0 Å². The van der Waals surface area contributed by atoms with Gasteiger partial charge in [0.2, 0.25) is 0 Å². The number of aliphatic hydroxyl groups excluding tert-OH is 1. The third-order valence-electron chi connectivity index (χ3n) is 3.91. The normalized spacial score (nSPS) is 14.3. The highest BCUT2D eigenvalue weighted by Crippen LogP contribution is 2.46. The maximum absolute atomic E-state index is 7.57. The van der Waals surface area contributed by atoms with E-state index >= 15 is 0 Å². The van der Waals surface area contributed by atoms with E-state index in [1.54, 1.807) is 13.0 Å². The Balaban J connectivity index is 0. The number of allylic oxidation sites excluding steroid dienone is 2. The van der Waals surface area contributed by atoms with Crippen LogP contribution in [0.3, 0.4) is 0 Å². The zero-order valence-corrected chi connectivity index (χ0v) is 16.3. The van der Waals surface area contributed by atoms with Gasteiger partial charge in [0.05, 0.1) is 0 Å². The van der Waals surface area contributed by atoms with Gasteiger partial charge in [-0.3, -0.25) is 0 Å². The monoisotopic (exact) mass is 348 g/mol. The molecule has 0 aromatic heterocycles. The van der Waals surface area contributed by atoms with E-state index in [1.165, 1.54) is 43.2 Å². The molecule has 1 saturated carbocycles. The van der Waals surface area contributed by atoms with E-state index in [4.69, 9.17) is 16.7 Å². The predicted molar refractivity (Wildman–Crippen MR) is 110 cm³/mol. The lowest BCUT2D eigenvalue weighted by Crippen LogP contribution is -2.30. The lowest BCUT2D eigenvalue weighted by atomic mass is 9.66. The molecule has 1 N–H and O–H groups in total. The maximum Gasteiger partial charge on any atom is 0.0446 e. The predicted octanol–water partition coefficient (Wildman–Crippen LogP) is 6.56. The highest BCUT2D eigenvalue weighted by molar-refractivity contribution is 6.31. The molecule has 0 bridgehead atoms. The first kappa shape index (κ1) is 24.8. The van der Waals surface area contributed by atoms with Gasteiger partial charge in [-0.05, 0) is 45.2 Å². The van der Waals surface area contributed by atoms with E-state index in [2.05, 4.69) is 45.1 Å². The zero-order chi connectivity index (χ0) is 19.0. The van der Waals surface area contributed by atoms with Crippen molar-refractivity contribution in [3.63, 3.8) is 0 Å². The Labute approximate surface area is 154 Å². The molecule has 0 aliphatic heterocycles. The Kier molecular flexibility index (Phi) is 15.5. The average molecular weight is 349 g/mol. The fourth-order valence-corrected chi connectivity index (χ4v) is 3.25. The molecule has 1 aliphatic carbocycles. The fraction of sp³-hybridized carbons (Fsp3) is 0.455. The molecule has 24 heavy (non-hydrogen) atoms. The van der Waals surface area contributed by atoms with Crippen LogP contribution in [-0.4, -0.2) is 11.7 Å². The van der Waals surface area contributed by atoms with E-state index in [9.17, 15) is 0 Å².